The van der Waals surface area contributed by atoms with Crippen molar-refractivity contribution in [3.05, 3.63) is 70.3 Å². The fourth-order valence-electron chi connectivity index (χ4n) is 3.61. The lowest BCUT2D eigenvalue weighted by atomic mass is 10.1. The van der Waals surface area contributed by atoms with Crippen LogP contribution in [-0.2, 0) is 29.2 Å². The number of nitrogens with one attached hydrogen (secondary N) is 2. The summed E-state index contributed by atoms with van der Waals surface area (Å²) < 4.78 is 11.5. The van der Waals surface area contributed by atoms with Gasteiger partial charge < -0.3 is 20.1 Å². The van der Waals surface area contributed by atoms with E-state index in [0.29, 0.717) is 19.3 Å². The first-order valence-electron chi connectivity index (χ1n) is 11.0. The molecule has 31 heavy (non-hydrogen) atoms. The number of ether oxygens (including phenoxy) is 2. The summed E-state index contributed by atoms with van der Waals surface area (Å²) in [6, 6.07) is 15.1. The molecule has 5 nitrogen and oxygen atoms in total. The smallest absolute Gasteiger partial charge is 0.191 e. The van der Waals surface area contributed by atoms with E-state index in [1.807, 2.05) is 0 Å². The first-order valence-corrected chi connectivity index (χ1v) is 11.0. The van der Waals surface area contributed by atoms with E-state index < -0.39 is 0 Å². The maximum Gasteiger partial charge on any atom is 0.191 e. The van der Waals surface area contributed by atoms with Gasteiger partial charge >= 0.3 is 0 Å². The highest BCUT2D eigenvalue weighted by atomic mass is 127. The molecule has 0 saturated carbocycles. The molecule has 0 aliphatic carbocycles. The van der Waals surface area contributed by atoms with Gasteiger partial charge in [0, 0.05) is 26.3 Å². The molecule has 170 valence electrons. The van der Waals surface area contributed by atoms with Crippen molar-refractivity contribution in [3.8, 4) is 0 Å². The van der Waals surface area contributed by atoms with Gasteiger partial charge in [-0.3, -0.25) is 0 Å². The first-order chi connectivity index (χ1) is 14.6. The van der Waals surface area contributed by atoms with E-state index in [1.165, 1.54) is 27.8 Å². The van der Waals surface area contributed by atoms with Gasteiger partial charge in [-0.2, -0.15) is 0 Å². The Morgan fingerprint density at radius 1 is 1.06 bits per heavy atom. The second-order valence-corrected chi connectivity index (χ2v) is 7.92. The van der Waals surface area contributed by atoms with Crippen molar-refractivity contribution in [1.82, 2.24) is 10.6 Å². The Morgan fingerprint density at radius 2 is 1.84 bits per heavy atom. The summed E-state index contributed by atoms with van der Waals surface area (Å²) in [4.78, 5) is 4.77. The average Bonchev–Trinajstić information content (AvgIpc) is 2.76. The molecule has 0 spiro atoms. The summed E-state index contributed by atoms with van der Waals surface area (Å²) in [6.07, 6.45) is 2.29. The van der Waals surface area contributed by atoms with Crippen molar-refractivity contribution in [2.45, 2.75) is 59.4 Å². The van der Waals surface area contributed by atoms with Crippen LogP contribution in [0.1, 0.15) is 47.6 Å². The Kier molecular flexibility index (Phi) is 11.3. The molecule has 1 aliphatic rings. The normalized spacial score (nSPS) is 14.7. The molecule has 0 amide bonds. The molecule has 1 fully saturated rings. The molecule has 3 rings (SSSR count). The topological polar surface area (TPSA) is 54.9 Å². The largest absolute Gasteiger partial charge is 0.381 e. The highest BCUT2D eigenvalue weighted by molar-refractivity contribution is 14.0. The van der Waals surface area contributed by atoms with Crippen LogP contribution in [0.5, 0.6) is 0 Å². The number of rotatable bonds is 8. The molecule has 0 atom stereocenters. The van der Waals surface area contributed by atoms with Crippen LogP contribution >= 0.6 is 24.0 Å². The molecular formula is C25H36IN3O2. The van der Waals surface area contributed by atoms with Crippen molar-refractivity contribution in [2.24, 2.45) is 4.99 Å². The second-order valence-electron chi connectivity index (χ2n) is 7.92. The molecule has 2 aromatic rings. The number of aryl methyl sites for hydroxylation is 2. The molecule has 0 radical (unpaired) electrons. The minimum absolute atomic E-state index is 0. The van der Waals surface area contributed by atoms with E-state index in [0.717, 1.165) is 45.1 Å². The van der Waals surface area contributed by atoms with Crippen LogP contribution in [0.25, 0.3) is 0 Å². The molecule has 1 saturated heterocycles. The zero-order valence-electron chi connectivity index (χ0n) is 18.9. The van der Waals surface area contributed by atoms with E-state index in [9.17, 15) is 0 Å². The van der Waals surface area contributed by atoms with Gasteiger partial charge in [-0.15, -0.1) is 24.0 Å². The van der Waals surface area contributed by atoms with Gasteiger partial charge in [0.2, 0.25) is 0 Å². The molecule has 6 heteroatoms. The van der Waals surface area contributed by atoms with Gasteiger partial charge in [-0.25, -0.2) is 4.99 Å². The van der Waals surface area contributed by atoms with E-state index >= 15 is 0 Å². The van der Waals surface area contributed by atoms with Gasteiger partial charge in [-0.1, -0.05) is 48.0 Å². The third kappa shape index (κ3) is 8.79. The first kappa shape index (κ1) is 25.6. The van der Waals surface area contributed by atoms with E-state index in [4.69, 9.17) is 14.5 Å². The lowest BCUT2D eigenvalue weighted by Crippen LogP contribution is -2.36. The molecule has 0 aromatic heterocycles. The standard InChI is InChI=1S/C25H35N3O2.HI/c1-4-26-25(28-17-23-9-8-19(2)14-20(23)3)27-16-21-6-5-7-22(15-21)18-30-24-10-12-29-13-11-24;/h5-9,14-15,24H,4,10-13,16-18H2,1-3H3,(H2,26,27,28);1H. The Balaban J connectivity index is 0.00000341. The molecule has 0 bridgehead atoms. The predicted octanol–water partition coefficient (Wildman–Crippen LogP) is 4.87. The van der Waals surface area contributed by atoms with Gasteiger partial charge in [-0.05, 0) is 55.9 Å². The number of hydrogen-bond acceptors (Lipinski definition) is 3. The molecule has 2 N–H and O–H groups in total. The minimum atomic E-state index is 0. The summed E-state index contributed by atoms with van der Waals surface area (Å²) in [7, 11) is 0. The zero-order chi connectivity index (χ0) is 21.2. The highest BCUT2D eigenvalue weighted by Gasteiger charge is 2.14. The fraction of sp³-hybridized carbons (Fsp3) is 0.480. The van der Waals surface area contributed by atoms with Gasteiger partial charge in [0.05, 0.1) is 19.3 Å². The van der Waals surface area contributed by atoms with Crippen LogP contribution in [-0.4, -0.2) is 31.8 Å². The molecular weight excluding hydrogens is 501 g/mol. The minimum Gasteiger partial charge on any atom is -0.381 e. The SMILES string of the molecule is CCNC(=NCc1cccc(COC2CCOCC2)c1)NCc1ccc(C)cc1C.I. The van der Waals surface area contributed by atoms with E-state index in [1.54, 1.807) is 0 Å². The van der Waals surface area contributed by atoms with Crippen LogP contribution in [0.15, 0.2) is 47.5 Å². The van der Waals surface area contributed by atoms with Gasteiger partial charge in [0.1, 0.15) is 0 Å². The monoisotopic (exact) mass is 537 g/mol. The quantitative estimate of drug-likeness (QED) is 0.287. The molecule has 1 aliphatic heterocycles. The van der Waals surface area contributed by atoms with Gasteiger partial charge in [0.25, 0.3) is 0 Å². The average molecular weight is 537 g/mol. The second kappa shape index (κ2) is 13.7. The van der Waals surface area contributed by atoms with Crippen LogP contribution in [0, 0.1) is 13.8 Å². The Labute approximate surface area is 204 Å². The Bertz CT molecular complexity index is 835. The van der Waals surface area contributed by atoms with E-state index in [-0.39, 0.29) is 24.0 Å². The number of hydrogen-bond donors (Lipinski definition) is 2. The summed E-state index contributed by atoms with van der Waals surface area (Å²) in [5.41, 5.74) is 6.26. The van der Waals surface area contributed by atoms with Crippen LogP contribution < -0.4 is 10.6 Å². The molecule has 1 heterocycles. The lowest BCUT2D eigenvalue weighted by molar-refractivity contribution is -0.0390. The van der Waals surface area contributed by atoms with Crippen molar-refractivity contribution >= 4 is 29.9 Å². The highest BCUT2D eigenvalue weighted by Crippen LogP contribution is 2.15. The number of guanidine groups is 1. The van der Waals surface area contributed by atoms with Crippen LogP contribution in [0.2, 0.25) is 0 Å². The van der Waals surface area contributed by atoms with E-state index in [2.05, 4.69) is 73.9 Å². The summed E-state index contributed by atoms with van der Waals surface area (Å²) in [6.45, 7) is 10.8. The van der Waals surface area contributed by atoms with Gasteiger partial charge in [0.15, 0.2) is 5.96 Å². The lowest BCUT2D eigenvalue weighted by Gasteiger charge is -2.22. The fourth-order valence-corrected chi connectivity index (χ4v) is 3.61. The number of nitrogens with zero attached hydrogens (tertiary/aromatic N) is 1. The van der Waals surface area contributed by atoms with Crippen molar-refractivity contribution < 1.29 is 9.47 Å². The van der Waals surface area contributed by atoms with Crippen molar-refractivity contribution in [1.29, 1.82) is 0 Å². The maximum absolute atomic E-state index is 6.05. The van der Waals surface area contributed by atoms with Crippen LogP contribution in [0.4, 0.5) is 0 Å². The zero-order valence-corrected chi connectivity index (χ0v) is 21.3. The summed E-state index contributed by atoms with van der Waals surface area (Å²) >= 11 is 0. The third-order valence-corrected chi connectivity index (χ3v) is 5.35. The molecule has 0 unspecified atom stereocenters. The molecule has 2 aromatic carbocycles. The summed E-state index contributed by atoms with van der Waals surface area (Å²) in [5, 5.41) is 6.79. The van der Waals surface area contributed by atoms with Crippen LogP contribution in [0.3, 0.4) is 0 Å². The predicted molar refractivity (Wildman–Crippen MR) is 138 cm³/mol. The van der Waals surface area contributed by atoms with Crippen molar-refractivity contribution in [2.75, 3.05) is 19.8 Å². The van der Waals surface area contributed by atoms with Crippen molar-refractivity contribution in [3.63, 3.8) is 0 Å². The number of aliphatic imine (C=N–C) groups is 1. The number of halogens is 1. The Morgan fingerprint density at radius 3 is 2.58 bits per heavy atom. The maximum atomic E-state index is 6.05. The summed E-state index contributed by atoms with van der Waals surface area (Å²) in [5.74, 6) is 0.835. The third-order valence-electron chi connectivity index (χ3n) is 5.35. The Hall–Kier alpha value is -1.64. The number of benzene rings is 2.